The van der Waals surface area contributed by atoms with Gasteiger partial charge < -0.3 is 49.3 Å². The first-order valence-electron chi connectivity index (χ1n) is 18.4. The molecule has 5 rings (SSSR count). The number of hydrogen-bond donors (Lipinski definition) is 3. The minimum atomic E-state index is -1.09. The van der Waals surface area contributed by atoms with Crippen molar-refractivity contribution in [3.8, 4) is 0 Å². The van der Waals surface area contributed by atoms with Gasteiger partial charge in [-0.25, -0.2) is 0 Å². The van der Waals surface area contributed by atoms with Crippen LogP contribution in [0.25, 0.3) is 0 Å². The van der Waals surface area contributed by atoms with Crippen LogP contribution < -0.4 is 29.6 Å². The molecule has 3 unspecified atom stereocenters. The van der Waals surface area contributed by atoms with Crippen LogP contribution in [0.3, 0.4) is 0 Å². The van der Waals surface area contributed by atoms with Crippen molar-refractivity contribution in [3.63, 3.8) is 0 Å². The molecule has 5 fully saturated rings. The third kappa shape index (κ3) is 7.54. The van der Waals surface area contributed by atoms with Crippen molar-refractivity contribution < 1.29 is 78.8 Å². The smallest absolute Gasteiger partial charge is 0.870 e. The number of hydrogen-bond acceptors (Lipinski definition) is 10. The van der Waals surface area contributed by atoms with Gasteiger partial charge >= 0.3 is 29.6 Å². The average molecular weight is 692 g/mol. The SMILES string of the molecule is CCC1(O)O[C@H](C2CO[C@@H]([C@]3(CC)CC[C@H]([C@]4(C)CC[C@]5(C[C@H](O)[C@@H](C)[C@@H]([C@@H](C)[C@@H](CO)[C@H](C)[C-]=O)O5)O4)O3)[C@H]2C)C(C)C[C@H]1C.[Na+].[OH-]. The van der Waals surface area contributed by atoms with Crippen molar-refractivity contribution in [3.05, 3.63) is 0 Å². The van der Waals surface area contributed by atoms with Crippen LogP contribution in [0.15, 0.2) is 0 Å². The first-order valence-corrected chi connectivity index (χ1v) is 18.4. The molecular formula is C37H64NaO10-. The summed E-state index contributed by atoms with van der Waals surface area (Å²) in [6.45, 7) is 19.1. The number of aliphatic hydroxyl groups is 3. The van der Waals surface area contributed by atoms with Gasteiger partial charge in [-0.3, -0.25) is 6.29 Å². The van der Waals surface area contributed by atoms with E-state index < -0.39 is 34.8 Å². The van der Waals surface area contributed by atoms with Crippen LogP contribution in [0.4, 0.5) is 0 Å². The summed E-state index contributed by atoms with van der Waals surface area (Å²) in [5, 5.41) is 32.6. The third-order valence-corrected chi connectivity index (χ3v) is 13.6. The van der Waals surface area contributed by atoms with Crippen LogP contribution in [-0.4, -0.2) is 93.6 Å². The van der Waals surface area contributed by atoms with Gasteiger partial charge in [0.05, 0.1) is 48.3 Å². The molecule has 0 aromatic carbocycles. The Morgan fingerprint density at radius 2 is 1.67 bits per heavy atom. The molecule has 0 bridgehead atoms. The Morgan fingerprint density at radius 1 is 0.979 bits per heavy atom. The predicted molar refractivity (Wildman–Crippen MR) is 175 cm³/mol. The fourth-order valence-electron chi connectivity index (χ4n) is 10.2. The molecule has 5 aliphatic heterocycles. The van der Waals surface area contributed by atoms with Crippen LogP contribution in [0.1, 0.15) is 114 Å². The van der Waals surface area contributed by atoms with Crippen LogP contribution in [0.5, 0.6) is 0 Å². The standard InChI is InChI=1S/C37H63O9.Na.H2O/c1-10-35(33-25(7)28(20-42-33)31-21(3)16-23(5)37(41,11-2)45-31)13-12-30(43-35)34(9)14-15-36(46-34)17-29(40)26(8)32(44-36)24(6)27(19-39)22(4)18-38;;/h21-33,39-41H,10-17,19-20H2,1-9H3;;1H2/q-1;+1;/p-1/t21?,22-,23-,24+,25+,26-,27+,28?,29+,30-,31+,32-,33-,34+,35+,36-,37?;;/m1../s1. The van der Waals surface area contributed by atoms with E-state index >= 15 is 0 Å². The van der Waals surface area contributed by atoms with Gasteiger partial charge in [0.2, 0.25) is 0 Å². The Labute approximate surface area is 311 Å². The molecule has 5 heterocycles. The molecular weight excluding hydrogens is 627 g/mol. The van der Waals surface area contributed by atoms with E-state index in [0.717, 1.165) is 32.1 Å². The summed E-state index contributed by atoms with van der Waals surface area (Å²) >= 11 is 0. The normalized spacial score (nSPS) is 49.6. The van der Waals surface area contributed by atoms with Gasteiger partial charge in [0.1, 0.15) is 0 Å². The molecule has 0 aromatic heterocycles. The van der Waals surface area contributed by atoms with Gasteiger partial charge in [-0.15, -0.1) is 5.92 Å². The van der Waals surface area contributed by atoms with E-state index in [9.17, 15) is 20.1 Å². The van der Waals surface area contributed by atoms with Crippen molar-refractivity contribution in [2.45, 2.75) is 167 Å². The molecule has 48 heavy (non-hydrogen) atoms. The van der Waals surface area contributed by atoms with E-state index in [1.54, 1.807) is 6.92 Å². The van der Waals surface area contributed by atoms with E-state index in [1.165, 1.54) is 0 Å². The second-order valence-electron chi connectivity index (χ2n) is 16.4. The zero-order chi connectivity index (χ0) is 33.8. The van der Waals surface area contributed by atoms with Gasteiger partial charge in [0.25, 0.3) is 0 Å². The molecule has 0 aromatic rings. The summed E-state index contributed by atoms with van der Waals surface area (Å²) in [6.07, 6.45) is 6.56. The first kappa shape index (κ1) is 42.7. The van der Waals surface area contributed by atoms with Crippen LogP contribution in [-0.2, 0) is 28.5 Å². The van der Waals surface area contributed by atoms with Gasteiger partial charge in [0, 0.05) is 37.2 Å². The molecule has 10 nitrogen and oxygen atoms in total. The second-order valence-corrected chi connectivity index (χ2v) is 16.4. The van der Waals surface area contributed by atoms with E-state index in [0.29, 0.717) is 31.8 Å². The Hall–Kier alpha value is 0.310. The summed E-state index contributed by atoms with van der Waals surface area (Å²) in [5.74, 6) is -2.32. The second kappa shape index (κ2) is 16.1. The first-order chi connectivity index (χ1) is 21.6. The largest absolute Gasteiger partial charge is 1.00 e. The molecule has 0 saturated carbocycles. The van der Waals surface area contributed by atoms with Gasteiger partial charge in [-0.05, 0) is 69.1 Å². The van der Waals surface area contributed by atoms with Crippen LogP contribution in [0.2, 0.25) is 0 Å². The zero-order valence-electron chi connectivity index (χ0n) is 31.3. The van der Waals surface area contributed by atoms with Crippen LogP contribution >= 0.6 is 0 Å². The number of aliphatic hydroxyl groups excluding tert-OH is 2. The Morgan fingerprint density at radius 3 is 2.27 bits per heavy atom. The fraction of sp³-hybridized carbons (Fsp3) is 0.973. The Kier molecular flexibility index (Phi) is 14.4. The summed E-state index contributed by atoms with van der Waals surface area (Å²) in [7, 11) is 0. The topological polar surface area (TPSA) is 154 Å². The number of rotatable bonds is 10. The summed E-state index contributed by atoms with van der Waals surface area (Å²) < 4.78 is 34.0. The van der Waals surface area contributed by atoms with E-state index in [4.69, 9.17) is 23.7 Å². The van der Waals surface area contributed by atoms with Crippen molar-refractivity contribution in [2.75, 3.05) is 13.2 Å². The maximum Gasteiger partial charge on any atom is 1.00 e. The molecule has 11 heteroatoms. The molecule has 0 amide bonds. The van der Waals surface area contributed by atoms with E-state index in [2.05, 4.69) is 34.6 Å². The molecule has 5 saturated heterocycles. The van der Waals surface area contributed by atoms with Gasteiger partial charge in [0.15, 0.2) is 11.6 Å². The van der Waals surface area contributed by atoms with Gasteiger partial charge in [-0.2, -0.15) is 0 Å². The summed E-state index contributed by atoms with van der Waals surface area (Å²) in [6, 6.07) is 0. The number of carbonyl (C=O) groups excluding carboxylic acids is 1. The fourth-order valence-corrected chi connectivity index (χ4v) is 10.2. The molecule has 0 radical (unpaired) electrons. The van der Waals surface area contributed by atoms with Crippen molar-refractivity contribution in [1.29, 1.82) is 0 Å². The molecule has 274 valence electrons. The number of ether oxygens (including phenoxy) is 5. The van der Waals surface area contributed by atoms with Crippen molar-refractivity contribution in [2.24, 2.45) is 47.3 Å². The monoisotopic (exact) mass is 691 g/mol. The Bertz CT molecular complexity index is 1070. The molecule has 4 N–H and O–H groups in total. The molecule has 5 aliphatic rings. The van der Waals surface area contributed by atoms with Crippen LogP contribution in [0, 0.1) is 47.3 Å². The minimum Gasteiger partial charge on any atom is -0.870 e. The molecule has 17 atom stereocenters. The predicted octanol–water partition coefficient (Wildman–Crippen LogP) is 1.99. The maximum absolute atomic E-state index is 11.5. The maximum atomic E-state index is 11.5. The summed E-state index contributed by atoms with van der Waals surface area (Å²) in [4.78, 5) is 11.5. The Balaban J connectivity index is 0.00000312. The summed E-state index contributed by atoms with van der Waals surface area (Å²) in [5.41, 5.74) is -1.04. The molecule has 1 spiro atoms. The minimum absolute atomic E-state index is 0. The average Bonchev–Trinajstić information content (AvgIpc) is 3.73. The van der Waals surface area contributed by atoms with Crippen molar-refractivity contribution >= 4 is 6.29 Å². The van der Waals surface area contributed by atoms with E-state index in [-0.39, 0.29) is 102 Å². The van der Waals surface area contributed by atoms with Crippen molar-refractivity contribution in [1.82, 2.24) is 0 Å². The third-order valence-electron chi connectivity index (χ3n) is 13.6. The van der Waals surface area contributed by atoms with E-state index in [1.807, 2.05) is 27.1 Å². The molecule has 0 aliphatic carbocycles. The zero-order valence-corrected chi connectivity index (χ0v) is 33.3. The quantitative estimate of drug-likeness (QED) is 0.229. The van der Waals surface area contributed by atoms with Gasteiger partial charge in [-0.1, -0.05) is 55.4 Å².